The maximum atomic E-state index is 12.8. The van der Waals surface area contributed by atoms with Crippen molar-refractivity contribution in [3.8, 4) is 0 Å². The van der Waals surface area contributed by atoms with Crippen LogP contribution >= 0.6 is 12.4 Å². The molecule has 1 atom stereocenters. The zero-order valence-corrected chi connectivity index (χ0v) is 15.2. The second kappa shape index (κ2) is 6.82. The SMILES string of the molecule is Cl.O=C(CN1c2cccc3cccc(c23)S1(=O)=O)NC1CCCNC1. The molecule has 0 aromatic heterocycles. The summed E-state index contributed by atoms with van der Waals surface area (Å²) in [6.45, 7) is 1.51. The van der Waals surface area contributed by atoms with Gasteiger partial charge in [-0.15, -0.1) is 12.4 Å². The Bertz CT molecular complexity index is 905. The second-order valence-electron chi connectivity index (χ2n) is 6.25. The van der Waals surface area contributed by atoms with Crippen molar-refractivity contribution in [1.29, 1.82) is 0 Å². The first-order valence-corrected chi connectivity index (χ1v) is 9.56. The Morgan fingerprint density at radius 2 is 2.00 bits per heavy atom. The molecule has 2 aliphatic rings. The van der Waals surface area contributed by atoms with Gasteiger partial charge >= 0.3 is 0 Å². The fraction of sp³-hybridized carbons (Fsp3) is 0.353. The first kappa shape index (κ1) is 18.0. The van der Waals surface area contributed by atoms with E-state index in [0.29, 0.717) is 11.1 Å². The number of benzene rings is 2. The highest BCUT2D eigenvalue weighted by molar-refractivity contribution is 7.93. The van der Waals surface area contributed by atoms with Gasteiger partial charge in [0, 0.05) is 18.0 Å². The van der Waals surface area contributed by atoms with Crippen LogP contribution in [-0.4, -0.2) is 40.0 Å². The molecule has 2 aromatic rings. The molecule has 0 saturated carbocycles. The van der Waals surface area contributed by atoms with Gasteiger partial charge in [-0.25, -0.2) is 8.42 Å². The van der Waals surface area contributed by atoms with Gasteiger partial charge in [0.05, 0.1) is 10.6 Å². The van der Waals surface area contributed by atoms with Crippen LogP contribution in [0.25, 0.3) is 10.8 Å². The molecule has 0 spiro atoms. The van der Waals surface area contributed by atoms with E-state index < -0.39 is 10.0 Å². The number of hydrogen-bond acceptors (Lipinski definition) is 4. The molecule has 0 aliphatic carbocycles. The van der Waals surface area contributed by atoms with Crippen molar-refractivity contribution in [2.45, 2.75) is 23.8 Å². The van der Waals surface area contributed by atoms with Crippen LogP contribution in [0, 0.1) is 0 Å². The van der Waals surface area contributed by atoms with Crippen molar-refractivity contribution >= 4 is 44.8 Å². The number of carbonyl (C=O) groups is 1. The topological polar surface area (TPSA) is 78.5 Å². The minimum Gasteiger partial charge on any atom is -0.351 e. The molecule has 6 nitrogen and oxygen atoms in total. The fourth-order valence-corrected chi connectivity index (χ4v) is 5.17. The summed E-state index contributed by atoms with van der Waals surface area (Å²) in [5.41, 5.74) is 0.583. The standard InChI is InChI=1S/C17H19N3O3S.ClH/c21-16(19-13-6-3-9-18-10-13)11-20-14-7-1-4-12-5-2-8-15(17(12)14)24(20,22)23;/h1-2,4-5,7-8,13,18H,3,6,9-11H2,(H,19,21);1H. The minimum atomic E-state index is -3.68. The summed E-state index contributed by atoms with van der Waals surface area (Å²) in [5.74, 6) is -0.267. The highest BCUT2D eigenvalue weighted by Gasteiger charge is 2.36. The molecular formula is C17H20ClN3O3S. The number of anilines is 1. The largest absolute Gasteiger partial charge is 0.351 e. The molecule has 1 saturated heterocycles. The predicted octanol–water partition coefficient (Wildman–Crippen LogP) is 1.64. The van der Waals surface area contributed by atoms with Gasteiger partial charge < -0.3 is 10.6 Å². The molecule has 1 amide bonds. The van der Waals surface area contributed by atoms with Crippen LogP contribution < -0.4 is 14.9 Å². The number of nitrogens with one attached hydrogen (secondary N) is 2. The molecule has 0 bridgehead atoms. The van der Waals surface area contributed by atoms with E-state index in [1.165, 1.54) is 4.31 Å². The predicted molar refractivity (Wildman–Crippen MR) is 99.8 cm³/mol. The zero-order valence-electron chi connectivity index (χ0n) is 13.6. The first-order valence-electron chi connectivity index (χ1n) is 8.12. The Morgan fingerprint density at radius 3 is 2.72 bits per heavy atom. The minimum absolute atomic E-state index is 0. The maximum Gasteiger partial charge on any atom is 0.265 e. The van der Waals surface area contributed by atoms with Crippen molar-refractivity contribution in [1.82, 2.24) is 10.6 Å². The number of nitrogens with zero attached hydrogens (tertiary/aromatic N) is 1. The monoisotopic (exact) mass is 381 g/mol. The highest BCUT2D eigenvalue weighted by atomic mass is 35.5. The van der Waals surface area contributed by atoms with Gasteiger partial charge in [0.2, 0.25) is 5.91 Å². The lowest BCUT2D eigenvalue weighted by atomic mass is 10.1. The molecule has 134 valence electrons. The molecule has 1 unspecified atom stereocenters. The lowest BCUT2D eigenvalue weighted by Crippen LogP contribution is -2.49. The average molecular weight is 382 g/mol. The van der Waals surface area contributed by atoms with Gasteiger partial charge in [-0.05, 0) is 36.9 Å². The summed E-state index contributed by atoms with van der Waals surface area (Å²) < 4.78 is 26.9. The van der Waals surface area contributed by atoms with Gasteiger partial charge in [0.1, 0.15) is 6.54 Å². The van der Waals surface area contributed by atoms with Crippen LogP contribution in [0.15, 0.2) is 41.3 Å². The van der Waals surface area contributed by atoms with E-state index in [-0.39, 0.29) is 35.8 Å². The van der Waals surface area contributed by atoms with E-state index in [0.717, 1.165) is 31.3 Å². The van der Waals surface area contributed by atoms with Gasteiger partial charge in [0.25, 0.3) is 10.0 Å². The molecule has 1 fully saturated rings. The van der Waals surface area contributed by atoms with Crippen LogP contribution in [0.5, 0.6) is 0 Å². The Hall–Kier alpha value is -1.83. The normalized spacial score (nSPS) is 21.0. The highest BCUT2D eigenvalue weighted by Crippen LogP contribution is 2.41. The lowest BCUT2D eigenvalue weighted by molar-refractivity contribution is -0.120. The van der Waals surface area contributed by atoms with Crippen LogP contribution in [-0.2, 0) is 14.8 Å². The van der Waals surface area contributed by atoms with Gasteiger partial charge in [-0.2, -0.15) is 0 Å². The number of piperidine rings is 1. The third kappa shape index (κ3) is 3.07. The van der Waals surface area contributed by atoms with Crippen LogP contribution in [0.3, 0.4) is 0 Å². The van der Waals surface area contributed by atoms with Gasteiger partial charge in [-0.3, -0.25) is 9.10 Å². The quantitative estimate of drug-likeness (QED) is 0.847. The number of rotatable bonds is 3. The Balaban J connectivity index is 0.00000182. The summed E-state index contributed by atoms with van der Waals surface area (Å²) in [5, 5.41) is 7.74. The van der Waals surface area contributed by atoms with Crippen molar-refractivity contribution in [3.63, 3.8) is 0 Å². The van der Waals surface area contributed by atoms with E-state index in [2.05, 4.69) is 10.6 Å². The Kier molecular flexibility index (Phi) is 4.90. The number of carbonyl (C=O) groups excluding carboxylic acids is 1. The van der Waals surface area contributed by atoms with Crippen molar-refractivity contribution < 1.29 is 13.2 Å². The molecule has 2 aromatic carbocycles. The van der Waals surface area contributed by atoms with E-state index in [1.54, 1.807) is 18.2 Å². The van der Waals surface area contributed by atoms with Crippen molar-refractivity contribution in [3.05, 3.63) is 36.4 Å². The number of sulfonamides is 1. The molecule has 2 N–H and O–H groups in total. The molecule has 4 rings (SSSR count). The maximum absolute atomic E-state index is 12.8. The summed E-state index contributed by atoms with van der Waals surface area (Å²) in [4.78, 5) is 12.7. The second-order valence-corrected chi connectivity index (χ2v) is 8.08. The van der Waals surface area contributed by atoms with Crippen LogP contribution in [0.4, 0.5) is 5.69 Å². The third-order valence-corrected chi connectivity index (χ3v) is 6.43. The zero-order chi connectivity index (χ0) is 16.7. The molecule has 2 aliphatic heterocycles. The number of halogens is 1. The summed E-state index contributed by atoms with van der Waals surface area (Å²) in [6, 6.07) is 10.7. The van der Waals surface area contributed by atoms with E-state index >= 15 is 0 Å². The summed E-state index contributed by atoms with van der Waals surface area (Å²) in [6.07, 6.45) is 1.93. The van der Waals surface area contributed by atoms with Crippen molar-refractivity contribution in [2.24, 2.45) is 0 Å². The van der Waals surface area contributed by atoms with E-state index in [4.69, 9.17) is 0 Å². The number of amides is 1. The van der Waals surface area contributed by atoms with Gasteiger partial charge in [-0.1, -0.05) is 24.3 Å². The van der Waals surface area contributed by atoms with E-state index in [1.807, 2.05) is 18.2 Å². The van der Waals surface area contributed by atoms with Crippen LogP contribution in [0.1, 0.15) is 12.8 Å². The first-order chi connectivity index (χ1) is 11.6. The Labute approximate surface area is 153 Å². The molecular weight excluding hydrogens is 362 g/mol. The Morgan fingerprint density at radius 1 is 1.24 bits per heavy atom. The van der Waals surface area contributed by atoms with Gasteiger partial charge in [0.15, 0.2) is 0 Å². The van der Waals surface area contributed by atoms with Crippen LogP contribution in [0.2, 0.25) is 0 Å². The molecule has 2 heterocycles. The molecule has 0 radical (unpaired) electrons. The van der Waals surface area contributed by atoms with Crippen molar-refractivity contribution in [2.75, 3.05) is 23.9 Å². The smallest absolute Gasteiger partial charge is 0.265 e. The molecule has 8 heteroatoms. The lowest BCUT2D eigenvalue weighted by Gasteiger charge is -2.25. The molecule has 25 heavy (non-hydrogen) atoms. The average Bonchev–Trinajstić information content (AvgIpc) is 2.79. The third-order valence-electron chi connectivity index (χ3n) is 4.63. The summed E-state index contributed by atoms with van der Waals surface area (Å²) >= 11 is 0. The fourth-order valence-electron chi connectivity index (χ4n) is 3.51. The number of hydrogen-bond donors (Lipinski definition) is 2. The van der Waals surface area contributed by atoms with E-state index in [9.17, 15) is 13.2 Å². The summed E-state index contributed by atoms with van der Waals surface area (Å²) in [7, 11) is -3.68.